The molecule has 0 fully saturated rings. The average Bonchev–Trinajstić information content (AvgIpc) is 2.62. The summed E-state index contributed by atoms with van der Waals surface area (Å²) >= 11 is 0. The second-order valence-corrected chi connectivity index (χ2v) is 2.82. The molecule has 0 radical (unpaired) electrons. The van der Waals surface area contributed by atoms with Gasteiger partial charge in [0.25, 0.3) is 5.56 Å². The molecular formula is C9H9N3O. The van der Waals surface area contributed by atoms with Gasteiger partial charge in [0.1, 0.15) is 0 Å². The lowest BCUT2D eigenvalue weighted by atomic mass is 10.3. The van der Waals surface area contributed by atoms with Crippen LogP contribution in [0.5, 0.6) is 0 Å². The molecular weight excluding hydrogens is 166 g/mol. The number of H-pyrrole nitrogens is 1. The minimum atomic E-state index is -0.0103. The molecule has 0 aliphatic heterocycles. The zero-order valence-corrected chi connectivity index (χ0v) is 7.19. The Bertz CT molecular complexity index is 456. The Hall–Kier alpha value is -1.84. The van der Waals surface area contributed by atoms with Crippen molar-refractivity contribution in [1.29, 1.82) is 0 Å². The number of rotatable bonds is 1. The van der Waals surface area contributed by atoms with Crippen LogP contribution in [0, 0.1) is 6.92 Å². The number of aryl methyl sites for hydroxylation is 1. The smallest absolute Gasteiger partial charge is 0.258 e. The van der Waals surface area contributed by atoms with Gasteiger partial charge in [-0.15, -0.1) is 0 Å². The molecule has 0 saturated heterocycles. The average molecular weight is 175 g/mol. The highest BCUT2D eigenvalue weighted by molar-refractivity contribution is 5.26. The Kier molecular flexibility index (Phi) is 1.73. The molecule has 0 aliphatic carbocycles. The van der Waals surface area contributed by atoms with E-state index in [1.54, 1.807) is 36.1 Å². The second kappa shape index (κ2) is 2.90. The maximum atomic E-state index is 11.6. The van der Waals surface area contributed by atoms with Crippen LogP contribution in [-0.4, -0.2) is 14.8 Å². The van der Waals surface area contributed by atoms with Gasteiger partial charge in [-0.2, -0.15) is 5.10 Å². The third-order valence-electron chi connectivity index (χ3n) is 1.90. The van der Waals surface area contributed by atoms with E-state index in [0.29, 0.717) is 0 Å². The molecule has 0 spiro atoms. The summed E-state index contributed by atoms with van der Waals surface area (Å²) in [5.41, 5.74) is 1.47. The van der Waals surface area contributed by atoms with Gasteiger partial charge in [-0.3, -0.25) is 14.5 Å². The monoisotopic (exact) mass is 175 g/mol. The summed E-state index contributed by atoms with van der Waals surface area (Å²) < 4.78 is 1.55. The number of nitrogens with one attached hydrogen (secondary N) is 1. The highest BCUT2D eigenvalue weighted by Gasteiger charge is 2.00. The van der Waals surface area contributed by atoms with Crippen LogP contribution >= 0.6 is 0 Å². The van der Waals surface area contributed by atoms with Crippen molar-refractivity contribution in [2.75, 3.05) is 0 Å². The molecule has 0 aromatic carbocycles. The van der Waals surface area contributed by atoms with Gasteiger partial charge in [0, 0.05) is 18.0 Å². The van der Waals surface area contributed by atoms with Gasteiger partial charge in [0.15, 0.2) is 0 Å². The van der Waals surface area contributed by atoms with Gasteiger partial charge in [0.2, 0.25) is 0 Å². The Morgan fingerprint density at radius 1 is 1.54 bits per heavy atom. The first-order chi connectivity index (χ1) is 6.29. The van der Waals surface area contributed by atoms with Crippen LogP contribution in [0.3, 0.4) is 0 Å². The Balaban J connectivity index is 2.66. The maximum absolute atomic E-state index is 11.6. The number of hydrogen-bond donors (Lipinski definition) is 1. The summed E-state index contributed by atoms with van der Waals surface area (Å²) in [5, 5.41) is 6.45. The van der Waals surface area contributed by atoms with E-state index < -0.39 is 0 Å². The van der Waals surface area contributed by atoms with E-state index >= 15 is 0 Å². The molecule has 0 bridgehead atoms. The fourth-order valence-electron chi connectivity index (χ4n) is 1.18. The lowest BCUT2D eigenvalue weighted by Crippen LogP contribution is -2.18. The Morgan fingerprint density at radius 2 is 2.38 bits per heavy atom. The van der Waals surface area contributed by atoms with Crippen molar-refractivity contribution in [2.24, 2.45) is 0 Å². The van der Waals surface area contributed by atoms with Gasteiger partial charge in [-0.25, -0.2) is 0 Å². The highest BCUT2D eigenvalue weighted by Crippen LogP contribution is 2.00. The summed E-state index contributed by atoms with van der Waals surface area (Å²) in [6.07, 6.45) is 5.02. The molecule has 0 saturated carbocycles. The van der Waals surface area contributed by atoms with Crippen LogP contribution in [-0.2, 0) is 0 Å². The number of pyridine rings is 1. The first-order valence-electron chi connectivity index (χ1n) is 3.96. The standard InChI is InChI=1S/C9H9N3O/c1-7-3-2-4-12(9(7)13)8-5-10-11-6-8/h2-6H,1H3,(H,10,11). The predicted octanol–water partition coefficient (Wildman–Crippen LogP) is 0.869. The quantitative estimate of drug-likeness (QED) is 0.699. The summed E-state index contributed by atoms with van der Waals surface area (Å²) in [6, 6.07) is 3.63. The summed E-state index contributed by atoms with van der Waals surface area (Å²) in [7, 11) is 0. The molecule has 66 valence electrons. The molecule has 2 heterocycles. The van der Waals surface area contributed by atoms with E-state index in [-0.39, 0.29) is 5.56 Å². The summed E-state index contributed by atoms with van der Waals surface area (Å²) in [5.74, 6) is 0. The maximum Gasteiger partial charge on any atom is 0.258 e. The fourth-order valence-corrected chi connectivity index (χ4v) is 1.18. The Labute approximate surface area is 74.8 Å². The topological polar surface area (TPSA) is 50.7 Å². The predicted molar refractivity (Wildman–Crippen MR) is 48.9 cm³/mol. The summed E-state index contributed by atoms with van der Waals surface area (Å²) in [6.45, 7) is 1.79. The van der Waals surface area contributed by atoms with Crippen molar-refractivity contribution in [1.82, 2.24) is 14.8 Å². The van der Waals surface area contributed by atoms with Crippen LogP contribution in [0.15, 0.2) is 35.5 Å². The first kappa shape index (κ1) is 7.79. The Morgan fingerprint density at radius 3 is 3.08 bits per heavy atom. The number of hydrogen-bond acceptors (Lipinski definition) is 2. The van der Waals surface area contributed by atoms with Gasteiger partial charge in [0.05, 0.1) is 11.9 Å². The molecule has 0 aliphatic rings. The molecule has 4 heteroatoms. The first-order valence-corrected chi connectivity index (χ1v) is 3.96. The second-order valence-electron chi connectivity index (χ2n) is 2.82. The van der Waals surface area contributed by atoms with Crippen LogP contribution < -0.4 is 5.56 Å². The summed E-state index contributed by atoms with van der Waals surface area (Å²) in [4.78, 5) is 11.6. The van der Waals surface area contributed by atoms with E-state index in [2.05, 4.69) is 10.2 Å². The minimum absolute atomic E-state index is 0.0103. The number of nitrogens with zero attached hydrogens (tertiary/aromatic N) is 2. The third kappa shape index (κ3) is 1.26. The fraction of sp³-hybridized carbons (Fsp3) is 0.111. The molecule has 13 heavy (non-hydrogen) atoms. The highest BCUT2D eigenvalue weighted by atomic mass is 16.1. The zero-order chi connectivity index (χ0) is 9.26. The lowest BCUT2D eigenvalue weighted by molar-refractivity contribution is 0.972. The van der Waals surface area contributed by atoms with Crippen LogP contribution in [0.1, 0.15) is 5.56 Å². The molecule has 4 nitrogen and oxygen atoms in total. The SMILES string of the molecule is Cc1cccn(-c2cn[nH]c2)c1=O. The van der Waals surface area contributed by atoms with Crippen molar-refractivity contribution < 1.29 is 0 Å². The molecule has 2 rings (SSSR count). The lowest BCUT2D eigenvalue weighted by Gasteiger charge is -2.01. The van der Waals surface area contributed by atoms with E-state index in [9.17, 15) is 4.79 Å². The van der Waals surface area contributed by atoms with Crippen molar-refractivity contribution in [3.63, 3.8) is 0 Å². The number of aromatic amines is 1. The molecule has 2 aromatic heterocycles. The van der Waals surface area contributed by atoms with E-state index in [4.69, 9.17) is 0 Å². The zero-order valence-electron chi connectivity index (χ0n) is 7.19. The van der Waals surface area contributed by atoms with E-state index in [0.717, 1.165) is 11.3 Å². The third-order valence-corrected chi connectivity index (χ3v) is 1.90. The normalized spacial score (nSPS) is 10.2. The van der Waals surface area contributed by atoms with Crippen molar-refractivity contribution in [3.8, 4) is 5.69 Å². The molecule has 0 amide bonds. The van der Waals surface area contributed by atoms with E-state index in [1.165, 1.54) is 0 Å². The van der Waals surface area contributed by atoms with Crippen molar-refractivity contribution in [2.45, 2.75) is 6.92 Å². The van der Waals surface area contributed by atoms with E-state index in [1.807, 2.05) is 6.07 Å². The van der Waals surface area contributed by atoms with Crippen LogP contribution in [0.2, 0.25) is 0 Å². The molecule has 0 atom stereocenters. The van der Waals surface area contributed by atoms with Gasteiger partial charge in [-0.1, -0.05) is 6.07 Å². The van der Waals surface area contributed by atoms with Crippen molar-refractivity contribution in [3.05, 3.63) is 46.6 Å². The minimum Gasteiger partial charge on any atom is -0.284 e. The van der Waals surface area contributed by atoms with Crippen LogP contribution in [0.25, 0.3) is 5.69 Å². The van der Waals surface area contributed by atoms with Crippen molar-refractivity contribution >= 4 is 0 Å². The van der Waals surface area contributed by atoms with Gasteiger partial charge in [-0.05, 0) is 13.0 Å². The molecule has 0 unspecified atom stereocenters. The largest absolute Gasteiger partial charge is 0.284 e. The van der Waals surface area contributed by atoms with Crippen LogP contribution in [0.4, 0.5) is 0 Å². The molecule has 1 N–H and O–H groups in total. The van der Waals surface area contributed by atoms with Gasteiger partial charge >= 0.3 is 0 Å². The number of aromatic nitrogens is 3. The molecule has 2 aromatic rings. The van der Waals surface area contributed by atoms with Gasteiger partial charge < -0.3 is 0 Å².